The van der Waals surface area contributed by atoms with E-state index in [1.54, 1.807) is 18.2 Å². The zero-order chi connectivity index (χ0) is 22.9. The van der Waals surface area contributed by atoms with E-state index in [9.17, 15) is 22.8 Å². The Morgan fingerprint density at radius 3 is 2.59 bits per heavy atom. The summed E-state index contributed by atoms with van der Waals surface area (Å²) in [4.78, 5) is 30.2. The molecule has 11 heteroatoms. The Balaban J connectivity index is 1.71. The molecule has 2 fully saturated rings. The van der Waals surface area contributed by atoms with Crippen LogP contribution in [0.1, 0.15) is 18.4 Å². The molecule has 32 heavy (non-hydrogen) atoms. The number of carbonyl (C=O) groups excluding carboxylic acids is 2. The number of halogens is 4. The van der Waals surface area contributed by atoms with Gasteiger partial charge in [-0.25, -0.2) is 0 Å². The fourth-order valence-electron chi connectivity index (χ4n) is 4.88. The lowest BCUT2D eigenvalue weighted by Gasteiger charge is -2.37. The largest absolute Gasteiger partial charge is 0.405 e. The standard InChI is InChI=1S/C21H26ClF3N4O3/c22-14-2-1-3-15-17(14)20(4-6-26-7-5-20)19(31)29(15)16(12-28-8-10-32-11-9-28)18(30)27-13-21(23,24)25/h1-3,16,26H,4-13H2,(H,27,30). The molecule has 3 heterocycles. The minimum atomic E-state index is -4.55. The molecule has 0 saturated carbocycles. The highest BCUT2D eigenvalue weighted by atomic mass is 35.5. The number of fused-ring (bicyclic) bond motifs is 2. The summed E-state index contributed by atoms with van der Waals surface area (Å²) in [5, 5.41) is 5.65. The third-order valence-corrected chi connectivity index (χ3v) is 6.74. The summed E-state index contributed by atoms with van der Waals surface area (Å²) in [5.74, 6) is -1.11. The van der Waals surface area contributed by atoms with Crippen molar-refractivity contribution in [3.05, 3.63) is 28.8 Å². The van der Waals surface area contributed by atoms with Gasteiger partial charge < -0.3 is 15.4 Å². The van der Waals surface area contributed by atoms with Gasteiger partial charge in [0, 0.05) is 30.2 Å². The van der Waals surface area contributed by atoms with Crippen molar-refractivity contribution < 1.29 is 27.5 Å². The first-order valence-electron chi connectivity index (χ1n) is 10.7. The van der Waals surface area contributed by atoms with Crippen molar-refractivity contribution in [3.8, 4) is 0 Å². The van der Waals surface area contributed by atoms with Crippen LogP contribution in [-0.4, -0.2) is 81.4 Å². The summed E-state index contributed by atoms with van der Waals surface area (Å²) >= 11 is 6.54. The van der Waals surface area contributed by atoms with Crippen LogP contribution < -0.4 is 15.5 Å². The zero-order valence-corrected chi connectivity index (χ0v) is 18.3. The van der Waals surface area contributed by atoms with E-state index in [1.807, 2.05) is 10.2 Å². The molecule has 0 bridgehead atoms. The molecule has 1 aromatic carbocycles. The number of carbonyl (C=O) groups is 2. The molecule has 176 valence electrons. The maximum absolute atomic E-state index is 13.9. The van der Waals surface area contributed by atoms with E-state index in [-0.39, 0.29) is 12.5 Å². The highest BCUT2D eigenvalue weighted by Gasteiger charge is 2.55. The van der Waals surface area contributed by atoms with Gasteiger partial charge in [0.2, 0.25) is 11.8 Å². The van der Waals surface area contributed by atoms with Gasteiger partial charge in [-0.3, -0.25) is 19.4 Å². The number of nitrogens with one attached hydrogen (secondary N) is 2. The Morgan fingerprint density at radius 1 is 1.25 bits per heavy atom. The van der Waals surface area contributed by atoms with Crippen LogP contribution in [0.5, 0.6) is 0 Å². The molecular formula is C21H26ClF3N4O3. The first-order chi connectivity index (χ1) is 15.2. The average molecular weight is 475 g/mol. The highest BCUT2D eigenvalue weighted by molar-refractivity contribution is 6.33. The molecule has 1 aromatic rings. The maximum atomic E-state index is 13.9. The van der Waals surface area contributed by atoms with E-state index < -0.39 is 30.1 Å². The molecule has 1 atom stereocenters. The number of nitrogens with zero attached hydrogens (tertiary/aromatic N) is 2. The Bertz CT molecular complexity index is 870. The predicted octanol–water partition coefficient (Wildman–Crippen LogP) is 1.69. The van der Waals surface area contributed by atoms with Crippen molar-refractivity contribution in [1.82, 2.24) is 15.5 Å². The molecule has 0 aromatic heterocycles. The summed E-state index contributed by atoms with van der Waals surface area (Å²) in [6.45, 7) is 1.86. The third kappa shape index (κ3) is 4.46. The van der Waals surface area contributed by atoms with E-state index in [0.29, 0.717) is 68.5 Å². The van der Waals surface area contributed by atoms with E-state index >= 15 is 0 Å². The summed E-state index contributed by atoms with van der Waals surface area (Å²) in [7, 11) is 0. The molecule has 3 aliphatic rings. The number of hydrogen-bond acceptors (Lipinski definition) is 5. The molecular weight excluding hydrogens is 449 g/mol. The molecule has 0 aliphatic carbocycles. The van der Waals surface area contributed by atoms with Crippen molar-refractivity contribution in [3.63, 3.8) is 0 Å². The summed E-state index contributed by atoms with van der Waals surface area (Å²) in [6.07, 6.45) is -3.54. The summed E-state index contributed by atoms with van der Waals surface area (Å²) in [5.41, 5.74) is 0.292. The number of piperidine rings is 1. The number of alkyl halides is 3. The van der Waals surface area contributed by atoms with Crippen molar-refractivity contribution in [2.45, 2.75) is 30.5 Å². The molecule has 1 unspecified atom stereocenters. The second kappa shape index (κ2) is 9.17. The van der Waals surface area contributed by atoms with Gasteiger partial charge in [-0.2, -0.15) is 13.2 Å². The average Bonchev–Trinajstić information content (AvgIpc) is 3.00. The summed E-state index contributed by atoms with van der Waals surface area (Å²) < 4.78 is 43.8. The van der Waals surface area contributed by atoms with Crippen molar-refractivity contribution in [2.75, 3.05) is 57.4 Å². The van der Waals surface area contributed by atoms with E-state index in [2.05, 4.69) is 5.32 Å². The van der Waals surface area contributed by atoms with Crippen molar-refractivity contribution >= 4 is 29.1 Å². The lowest BCUT2D eigenvalue weighted by atomic mass is 9.74. The van der Waals surface area contributed by atoms with Crippen molar-refractivity contribution in [1.29, 1.82) is 0 Å². The SMILES string of the molecule is O=C(NCC(F)(F)F)C(CN1CCOCC1)N1C(=O)C2(CCNCC2)c2c(Cl)cccc21. The van der Waals surface area contributed by atoms with Crippen LogP contribution in [0.3, 0.4) is 0 Å². The second-order valence-electron chi connectivity index (χ2n) is 8.40. The van der Waals surface area contributed by atoms with Gasteiger partial charge in [-0.1, -0.05) is 17.7 Å². The number of benzene rings is 1. The second-order valence-corrected chi connectivity index (χ2v) is 8.81. The van der Waals surface area contributed by atoms with Crippen LogP contribution in [0.25, 0.3) is 0 Å². The molecule has 3 aliphatic heterocycles. The van der Waals surface area contributed by atoms with Crippen molar-refractivity contribution in [2.24, 2.45) is 0 Å². The fourth-order valence-corrected chi connectivity index (χ4v) is 5.23. The lowest BCUT2D eigenvalue weighted by Crippen LogP contribution is -2.58. The number of morpholine rings is 1. The van der Waals surface area contributed by atoms with Gasteiger partial charge >= 0.3 is 6.18 Å². The Hall–Kier alpha value is -1.88. The molecule has 4 rings (SSSR count). The Morgan fingerprint density at radius 2 is 1.94 bits per heavy atom. The summed E-state index contributed by atoms with van der Waals surface area (Å²) in [6, 6.07) is 4.01. The number of hydrogen-bond donors (Lipinski definition) is 2. The molecule has 7 nitrogen and oxygen atoms in total. The zero-order valence-electron chi connectivity index (χ0n) is 17.5. The van der Waals surface area contributed by atoms with E-state index in [1.165, 1.54) is 4.90 Å². The van der Waals surface area contributed by atoms with Gasteiger partial charge in [0.1, 0.15) is 12.6 Å². The normalized spacial score (nSPS) is 22.1. The van der Waals surface area contributed by atoms with Gasteiger partial charge in [0.15, 0.2) is 0 Å². The minimum absolute atomic E-state index is 0.110. The quantitative estimate of drug-likeness (QED) is 0.679. The monoisotopic (exact) mass is 474 g/mol. The molecule has 2 amide bonds. The number of anilines is 1. The predicted molar refractivity (Wildman–Crippen MR) is 113 cm³/mol. The third-order valence-electron chi connectivity index (χ3n) is 6.43. The van der Waals surface area contributed by atoms with Gasteiger partial charge in [0.05, 0.1) is 24.3 Å². The topological polar surface area (TPSA) is 73.9 Å². The Kier molecular flexibility index (Phi) is 6.67. The lowest BCUT2D eigenvalue weighted by molar-refractivity contribution is -0.140. The van der Waals surface area contributed by atoms with E-state index in [0.717, 1.165) is 0 Å². The first kappa shape index (κ1) is 23.3. The van der Waals surface area contributed by atoms with E-state index in [4.69, 9.17) is 16.3 Å². The van der Waals surface area contributed by atoms with Crippen LogP contribution in [0.4, 0.5) is 18.9 Å². The van der Waals surface area contributed by atoms with Gasteiger partial charge in [-0.05, 0) is 38.1 Å². The molecule has 2 saturated heterocycles. The van der Waals surface area contributed by atoms with Gasteiger partial charge in [0.25, 0.3) is 0 Å². The molecule has 0 radical (unpaired) electrons. The maximum Gasteiger partial charge on any atom is 0.405 e. The highest BCUT2D eigenvalue weighted by Crippen LogP contribution is 2.50. The first-order valence-corrected chi connectivity index (χ1v) is 11.1. The number of amides is 2. The van der Waals surface area contributed by atoms with Crippen LogP contribution in [0.15, 0.2) is 18.2 Å². The Labute approximate surface area is 189 Å². The van der Waals surface area contributed by atoms with Crippen LogP contribution in [0, 0.1) is 0 Å². The number of ether oxygens (including phenoxy) is 1. The van der Waals surface area contributed by atoms with Crippen LogP contribution >= 0.6 is 11.6 Å². The van der Waals surface area contributed by atoms with Crippen LogP contribution in [-0.2, 0) is 19.7 Å². The van der Waals surface area contributed by atoms with Crippen LogP contribution in [0.2, 0.25) is 5.02 Å². The smallest absolute Gasteiger partial charge is 0.379 e. The molecule has 2 N–H and O–H groups in total. The number of rotatable bonds is 5. The molecule has 1 spiro atoms. The minimum Gasteiger partial charge on any atom is -0.379 e. The van der Waals surface area contributed by atoms with Gasteiger partial charge in [-0.15, -0.1) is 0 Å². The fraction of sp³-hybridized carbons (Fsp3) is 0.619.